The normalized spacial score (nSPS) is 18.7. The van der Waals surface area contributed by atoms with E-state index >= 15 is 0 Å². The fourth-order valence-corrected chi connectivity index (χ4v) is 4.14. The summed E-state index contributed by atoms with van der Waals surface area (Å²) in [6, 6.07) is 15.1. The Morgan fingerprint density at radius 3 is 2.74 bits per heavy atom. The largest absolute Gasteiger partial charge is 0.385 e. The molecule has 3 aromatic rings. The van der Waals surface area contributed by atoms with Gasteiger partial charge < -0.3 is 29.0 Å². The van der Waals surface area contributed by atoms with E-state index in [1.54, 1.807) is 23.9 Å². The Balaban J connectivity index is 1.60. The maximum Gasteiger partial charge on any atom is 0.138 e. The Morgan fingerprint density at radius 1 is 1.21 bits per heavy atom. The molecule has 1 aliphatic heterocycles. The molecule has 7 heteroatoms. The Bertz CT molecular complexity index is 1100. The standard InChI is InChI=1S/C27H30N2O5/c1-3-25(29-12-11-28-27(29)19(2)30)26(31)21-9-10-24(20-7-5-4-6-8-20)22(15-21)16-33-18-23-17-32-13-14-34-23/h1,4-12,15,19,23,25-26,30-31H,13-14,16-18H2,2H3/t19-,23?,25?,26?/m0/s1. The molecular weight excluding hydrogens is 432 g/mol. The lowest BCUT2D eigenvalue weighted by atomic mass is 9.94. The lowest BCUT2D eigenvalue weighted by molar-refractivity contribution is -0.117. The summed E-state index contributed by atoms with van der Waals surface area (Å²) in [7, 11) is 0. The molecule has 34 heavy (non-hydrogen) atoms. The van der Waals surface area contributed by atoms with Gasteiger partial charge in [0, 0.05) is 12.4 Å². The molecule has 2 aromatic carbocycles. The van der Waals surface area contributed by atoms with E-state index in [2.05, 4.69) is 10.9 Å². The highest BCUT2D eigenvalue weighted by Crippen LogP contribution is 2.32. The van der Waals surface area contributed by atoms with E-state index in [4.69, 9.17) is 20.6 Å². The van der Waals surface area contributed by atoms with Crippen molar-refractivity contribution in [3.05, 3.63) is 77.9 Å². The molecule has 7 nitrogen and oxygen atoms in total. The molecule has 3 unspecified atom stereocenters. The van der Waals surface area contributed by atoms with Crippen LogP contribution in [0.2, 0.25) is 0 Å². The molecule has 0 spiro atoms. The van der Waals surface area contributed by atoms with Gasteiger partial charge in [-0.2, -0.15) is 0 Å². The predicted molar refractivity (Wildman–Crippen MR) is 128 cm³/mol. The second kappa shape index (κ2) is 11.4. The summed E-state index contributed by atoms with van der Waals surface area (Å²) < 4.78 is 18.7. The lowest BCUT2D eigenvalue weighted by Gasteiger charge is -2.24. The highest BCUT2D eigenvalue weighted by molar-refractivity contribution is 5.67. The van der Waals surface area contributed by atoms with E-state index < -0.39 is 18.2 Å². The number of terminal acetylenes is 1. The number of ether oxygens (including phenoxy) is 3. The van der Waals surface area contributed by atoms with E-state index in [0.717, 1.165) is 16.7 Å². The maximum absolute atomic E-state index is 11.2. The van der Waals surface area contributed by atoms with E-state index in [0.29, 0.717) is 44.4 Å². The van der Waals surface area contributed by atoms with Crippen LogP contribution in [0, 0.1) is 12.3 Å². The van der Waals surface area contributed by atoms with Crippen molar-refractivity contribution < 1.29 is 24.4 Å². The number of aliphatic hydroxyl groups is 2. The quantitative estimate of drug-likeness (QED) is 0.474. The zero-order chi connectivity index (χ0) is 23.9. The van der Waals surface area contributed by atoms with Crippen LogP contribution in [0.4, 0.5) is 0 Å². The highest BCUT2D eigenvalue weighted by atomic mass is 16.6. The fraction of sp³-hybridized carbons (Fsp3) is 0.370. The third kappa shape index (κ3) is 5.55. The molecular formula is C27H30N2O5. The SMILES string of the molecule is C#CC(C(O)c1ccc(-c2ccccc2)c(COCC2COCCO2)c1)n1ccnc1[C@H](C)O. The molecule has 178 valence electrons. The minimum Gasteiger partial charge on any atom is -0.385 e. The molecule has 2 N–H and O–H groups in total. The van der Waals surface area contributed by atoms with Gasteiger partial charge in [-0.25, -0.2) is 4.98 Å². The van der Waals surface area contributed by atoms with Crippen LogP contribution in [-0.4, -0.2) is 52.3 Å². The number of aromatic nitrogens is 2. The number of rotatable bonds is 9. The summed E-state index contributed by atoms with van der Waals surface area (Å²) in [6.07, 6.45) is 7.13. The number of hydrogen-bond acceptors (Lipinski definition) is 6. The third-order valence-corrected chi connectivity index (χ3v) is 5.84. The molecule has 1 fully saturated rings. The van der Waals surface area contributed by atoms with E-state index in [1.165, 1.54) is 0 Å². The monoisotopic (exact) mass is 462 g/mol. The van der Waals surface area contributed by atoms with E-state index in [1.807, 2.05) is 48.5 Å². The predicted octanol–water partition coefficient (Wildman–Crippen LogP) is 3.44. The van der Waals surface area contributed by atoms with Crippen molar-refractivity contribution in [3.63, 3.8) is 0 Å². The summed E-state index contributed by atoms with van der Waals surface area (Å²) in [5, 5.41) is 21.3. The first-order valence-corrected chi connectivity index (χ1v) is 11.4. The van der Waals surface area contributed by atoms with Crippen LogP contribution in [-0.2, 0) is 20.8 Å². The first-order valence-electron chi connectivity index (χ1n) is 11.4. The zero-order valence-electron chi connectivity index (χ0n) is 19.2. The molecule has 0 aliphatic carbocycles. The third-order valence-electron chi connectivity index (χ3n) is 5.84. The van der Waals surface area contributed by atoms with Gasteiger partial charge in [0.15, 0.2) is 0 Å². The average molecular weight is 463 g/mol. The molecule has 0 bridgehead atoms. The maximum atomic E-state index is 11.2. The van der Waals surface area contributed by atoms with Gasteiger partial charge in [-0.05, 0) is 29.2 Å². The molecule has 4 atom stereocenters. The molecule has 1 saturated heterocycles. The second-order valence-electron chi connectivity index (χ2n) is 8.29. The molecule has 4 rings (SSSR count). The fourth-order valence-electron chi connectivity index (χ4n) is 4.14. The van der Waals surface area contributed by atoms with Gasteiger partial charge in [-0.1, -0.05) is 54.5 Å². The number of aliphatic hydroxyl groups excluding tert-OH is 2. The molecule has 0 radical (unpaired) electrons. The van der Waals surface area contributed by atoms with Crippen molar-refractivity contribution in [2.24, 2.45) is 0 Å². The van der Waals surface area contributed by atoms with Crippen LogP contribution in [0.3, 0.4) is 0 Å². The summed E-state index contributed by atoms with van der Waals surface area (Å²) in [5.41, 5.74) is 3.65. The number of benzene rings is 2. The summed E-state index contributed by atoms with van der Waals surface area (Å²) in [4.78, 5) is 4.18. The van der Waals surface area contributed by atoms with Crippen LogP contribution in [0.1, 0.15) is 42.1 Å². The van der Waals surface area contributed by atoms with Crippen molar-refractivity contribution in [2.45, 2.75) is 37.9 Å². The van der Waals surface area contributed by atoms with Crippen LogP contribution < -0.4 is 0 Å². The Kier molecular flexibility index (Phi) is 8.12. The van der Waals surface area contributed by atoms with Crippen molar-refractivity contribution >= 4 is 0 Å². The van der Waals surface area contributed by atoms with Crippen molar-refractivity contribution in [1.82, 2.24) is 9.55 Å². The van der Waals surface area contributed by atoms with E-state index in [-0.39, 0.29) is 6.10 Å². The van der Waals surface area contributed by atoms with E-state index in [9.17, 15) is 10.2 Å². The van der Waals surface area contributed by atoms with Crippen molar-refractivity contribution in [1.29, 1.82) is 0 Å². The van der Waals surface area contributed by atoms with Gasteiger partial charge in [0.1, 0.15) is 30.2 Å². The summed E-state index contributed by atoms with van der Waals surface area (Å²) in [5.74, 6) is 3.05. The first-order chi connectivity index (χ1) is 16.6. The van der Waals surface area contributed by atoms with Crippen LogP contribution in [0.25, 0.3) is 11.1 Å². The molecule has 1 aromatic heterocycles. The number of imidazole rings is 1. The molecule has 1 aliphatic rings. The van der Waals surface area contributed by atoms with Gasteiger partial charge in [0.2, 0.25) is 0 Å². The second-order valence-corrected chi connectivity index (χ2v) is 8.29. The van der Waals surface area contributed by atoms with Crippen molar-refractivity contribution in [2.75, 3.05) is 26.4 Å². The number of nitrogens with zero attached hydrogens (tertiary/aromatic N) is 2. The lowest BCUT2D eigenvalue weighted by Crippen LogP contribution is -2.32. The van der Waals surface area contributed by atoms with Gasteiger partial charge in [0.25, 0.3) is 0 Å². The Morgan fingerprint density at radius 2 is 2.03 bits per heavy atom. The minimum atomic E-state index is -1.00. The minimum absolute atomic E-state index is 0.0892. The van der Waals surface area contributed by atoms with Crippen LogP contribution in [0.15, 0.2) is 60.9 Å². The van der Waals surface area contributed by atoms with Gasteiger partial charge in [-0.3, -0.25) is 0 Å². The van der Waals surface area contributed by atoms with Gasteiger partial charge >= 0.3 is 0 Å². The smallest absolute Gasteiger partial charge is 0.138 e. The van der Waals surface area contributed by atoms with Gasteiger partial charge in [-0.15, -0.1) is 6.42 Å². The van der Waals surface area contributed by atoms with Gasteiger partial charge in [0.05, 0.1) is 33.0 Å². The molecule has 2 heterocycles. The molecule has 0 saturated carbocycles. The summed E-state index contributed by atoms with van der Waals surface area (Å²) >= 11 is 0. The summed E-state index contributed by atoms with van der Waals surface area (Å²) in [6.45, 7) is 4.07. The topological polar surface area (TPSA) is 86.0 Å². The Hall–Kier alpha value is -2.99. The number of hydrogen-bond donors (Lipinski definition) is 2. The highest BCUT2D eigenvalue weighted by Gasteiger charge is 2.25. The Labute approximate surface area is 199 Å². The van der Waals surface area contributed by atoms with Crippen LogP contribution >= 0.6 is 0 Å². The van der Waals surface area contributed by atoms with Crippen molar-refractivity contribution in [3.8, 4) is 23.5 Å². The average Bonchev–Trinajstić information content (AvgIpc) is 3.35. The van der Waals surface area contributed by atoms with Crippen LogP contribution in [0.5, 0.6) is 0 Å². The first kappa shape index (κ1) is 24.1. The zero-order valence-corrected chi connectivity index (χ0v) is 19.2. The molecule has 0 amide bonds.